The number of hydrogen-bond donors (Lipinski definition) is 1. The first-order chi connectivity index (χ1) is 9.49. The van der Waals surface area contributed by atoms with Crippen LogP contribution < -0.4 is 10.4 Å². The summed E-state index contributed by atoms with van der Waals surface area (Å²) >= 11 is 9.23. The monoisotopic (exact) mass is 358 g/mol. The normalized spacial score (nSPS) is 22.3. The Kier molecular flexibility index (Phi) is 5.05. The summed E-state index contributed by atoms with van der Waals surface area (Å²) in [5, 5.41) is 14.3. The number of carbonyl (C=O) groups is 2. The van der Waals surface area contributed by atoms with Gasteiger partial charge < -0.3 is 15.2 Å². The summed E-state index contributed by atoms with van der Waals surface area (Å²) in [4.78, 5) is 23.3. The van der Waals surface area contributed by atoms with Gasteiger partial charge in [0, 0.05) is 28.0 Å². The van der Waals surface area contributed by atoms with Gasteiger partial charge in [-0.1, -0.05) is 24.4 Å². The third-order valence-corrected chi connectivity index (χ3v) is 4.83. The average Bonchev–Trinajstić information content (AvgIpc) is 2.43. The van der Waals surface area contributed by atoms with Crippen molar-refractivity contribution in [2.45, 2.75) is 25.7 Å². The highest BCUT2D eigenvalue weighted by molar-refractivity contribution is 9.10. The number of rotatable bonds is 3. The zero-order chi connectivity index (χ0) is 14.7. The van der Waals surface area contributed by atoms with Crippen molar-refractivity contribution in [3.05, 3.63) is 27.7 Å². The molecule has 0 spiro atoms. The molecule has 0 aliphatic heterocycles. The Bertz CT molecular complexity index is 535. The van der Waals surface area contributed by atoms with Crippen LogP contribution in [0.3, 0.4) is 0 Å². The fraction of sp³-hybridized carbons (Fsp3) is 0.429. The van der Waals surface area contributed by atoms with Gasteiger partial charge in [0.05, 0.1) is 5.02 Å². The van der Waals surface area contributed by atoms with Crippen molar-refractivity contribution in [3.63, 3.8) is 0 Å². The lowest BCUT2D eigenvalue weighted by Crippen LogP contribution is -2.42. The minimum atomic E-state index is -1.14. The van der Waals surface area contributed by atoms with Crippen LogP contribution >= 0.6 is 27.5 Å². The second-order valence-electron chi connectivity index (χ2n) is 4.93. The molecular formula is C14H14BrClNO3-. The third kappa shape index (κ3) is 3.52. The van der Waals surface area contributed by atoms with Crippen molar-refractivity contribution in [1.82, 2.24) is 0 Å². The second-order valence-corrected chi connectivity index (χ2v) is 6.20. The SMILES string of the molecule is O=C([O-])[C@H]1CCCC[C@@H]1C(=O)Nc1ccc(Br)c(Cl)c1. The van der Waals surface area contributed by atoms with Gasteiger partial charge in [0.25, 0.3) is 0 Å². The quantitative estimate of drug-likeness (QED) is 0.902. The molecular weight excluding hydrogens is 346 g/mol. The van der Waals surface area contributed by atoms with E-state index in [0.29, 0.717) is 23.6 Å². The number of benzene rings is 1. The van der Waals surface area contributed by atoms with Gasteiger partial charge in [-0.15, -0.1) is 0 Å². The van der Waals surface area contributed by atoms with Gasteiger partial charge in [-0.25, -0.2) is 0 Å². The van der Waals surface area contributed by atoms with Gasteiger partial charge in [0.2, 0.25) is 5.91 Å². The molecule has 4 nitrogen and oxygen atoms in total. The van der Waals surface area contributed by atoms with Crippen molar-refractivity contribution in [2.75, 3.05) is 5.32 Å². The molecule has 0 unspecified atom stereocenters. The summed E-state index contributed by atoms with van der Waals surface area (Å²) in [6.45, 7) is 0. The largest absolute Gasteiger partial charge is 0.550 e. The Labute approximate surface area is 130 Å². The third-order valence-electron chi connectivity index (χ3n) is 3.59. The summed E-state index contributed by atoms with van der Waals surface area (Å²) in [6.07, 6.45) is 2.77. The molecule has 1 N–H and O–H groups in total. The van der Waals surface area contributed by atoms with E-state index in [1.807, 2.05) is 0 Å². The minimum Gasteiger partial charge on any atom is -0.550 e. The Balaban J connectivity index is 2.09. The van der Waals surface area contributed by atoms with Gasteiger partial charge >= 0.3 is 0 Å². The standard InChI is InChI=1S/C14H15BrClNO3/c15-11-6-5-8(7-12(11)16)17-13(18)9-3-1-2-4-10(9)14(19)20/h5-7,9-10H,1-4H2,(H,17,18)(H,19,20)/p-1/t9-,10-/m0/s1. The second kappa shape index (κ2) is 6.59. The number of hydrogen-bond acceptors (Lipinski definition) is 3. The lowest BCUT2D eigenvalue weighted by Gasteiger charge is -2.31. The topological polar surface area (TPSA) is 69.2 Å². The highest BCUT2D eigenvalue weighted by atomic mass is 79.9. The molecule has 2 atom stereocenters. The molecule has 1 aromatic rings. The summed E-state index contributed by atoms with van der Waals surface area (Å²) in [5.74, 6) is -2.65. The average molecular weight is 360 g/mol. The van der Waals surface area contributed by atoms with Gasteiger partial charge in [-0.2, -0.15) is 0 Å². The van der Waals surface area contributed by atoms with E-state index in [1.54, 1.807) is 18.2 Å². The fourth-order valence-corrected chi connectivity index (χ4v) is 2.96. The molecule has 1 saturated carbocycles. The zero-order valence-corrected chi connectivity index (χ0v) is 13.0. The van der Waals surface area contributed by atoms with Gasteiger partial charge in [0.15, 0.2) is 0 Å². The molecule has 2 rings (SSSR count). The molecule has 1 amide bonds. The van der Waals surface area contributed by atoms with E-state index in [-0.39, 0.29) is 5.91 Å². The molecule has 0 radical (unpaired) electrons. The molecule has 1 aliphatic carbocycles. The molecule has 0 aromatic heterocycles. The van der Waals surface area contributed by atoms with E-state index < -0.39 is 17.8 Å². The molecule has 0 saturated heterocycles. The van der Waals surface area contributed by atoms with E-state index in [1.165, 1.54) is 0 Å². The Morgan fingerprint density at radius 2 is 1.90 bits per heavy atom. The maximum absolute atomic E-state index is 12.2. The van der Waals surface area contributed by atoms with Crippen LogP contribution in [0.2, 0.25) is 5.02 Å². The van der Waals surface area contributed by atoms with E-state index in [0.717, 1.165) is 17.3 Å². The van der Waals surface area contributed by atoms with Gasteiger partial charge in [0.1, 0.15) is 0 Å². The lowest BCUT2D eigenvalue weighted by atomic mass is 9.78. The van der Waals surface area contributed by atoms with Crippen LogP contribution in [0.1, 0.15) is 25.7 Å². The first kappa shape index (κ1) is 15.3. The summed E-state index contributed by atoms with van der Waals surface area (Å²) in [5.41, 5.74) is 0.561. The van der Waals surface area contributed by atoms with Crippen LogP contribution in [0.5, 0.6) is 0 Å². The summed E-state index contributed by atoms with van der Waals surface area (Å²) in [6, 6.07) is 5.07. The smallest absolute Gasteiger partial charge is 0.228 e. The van der Waals surface area contributed by atoms with E-state index in [4.69, 9.17) is 11.6 Å². The minimum absolute atomic E-state index is 0.280. The number of carboxylic acids is 1. The molecule has 1 aliphatic rings. The molecule has 20 heavy (non-hydrogen) atoms. The van der Waals surface area contributed by atoms with Gasteiger partial charge in [-0.3, -0.25) is 4.79 Å². The number of anilines is 1. The first-order valence-electron chi connectivity index (χ1n) is 6.46. The Hall–Kier alpha value is -1.07. The van der Waals surface area contributed by atoms with Crippen molar-refractivity contribution >= 4 is 45.1 Å². The van der Waals surface area contributed by atoms with Crippen LogP contribution in [0.4, 0.5) is 5.69 Å². The van der Waals surface area contributed by atoms with Crippen LogP contribution in [-0.2, 0) is 9.59 Å². The fourth-order valence-electron chi connectivity index (χ4n) is 2.54. The lowest BCUT2D eigenvalue weighted by molar-refractivity contribution is -0.313. The number of carboxylic acid groups (broad SMARTS) is 1. The van der Waals surface area contributed by atoms with Crippen LogP contribution in [0.15, 0.2) is 22.7 Å². The highest BCUT2D eigenvalue weighted by Crippen LogP contribution is 2.31. The predicted molar refractivity (Wildman–Crippen MR) is 78.2 cm³/mol. The molecule has 1 aromatic carbocycles. The van der Waals surface area contributed by atoms with Crippen LogP contribution in [0, 0.1) is 11.8 Å². The molecule has 6 heteroatoms. The summed E-state index contributed by atoms with van der Waals surface area (Å²) < 4.78 is 0.738. The van der Waals surface area contributed by atoms with Crippen LogP contribution in [-0.4, -0.2) is 11.9 Å². The highest BCUT2D eigenvalue weighted by Gasteiger charge is 2.31. The van der Waals surface area contributed by atoms with Gasteiger partial charge in [-0.05, 0) is 47.0 Å². The predicted octanol–water partition coefficient (Wildman–Crippen LogP) is 2.60. The number of aliphatic carboxylic acids is 1. The van der Waals surface area contributed by atoms with Crippen molar-refractivity contribution in [2.24, 2.45) is 11.8 Å². The van der Waals surface area contributed by atoms with Crippen LogP contribution in [0.25, 0.3) is 0 Å². The first-order valence-corrected chi connectivity index (χ1v) is 7.63. The molecule has 0 bridgehead atoms. The molecule has 108 valence electrons. The number of halogens is 2. The zero-order valence-electron chi connectivity index (χ0n) is 10.7. The van der Waals surface area contributed by atoms with E-state index >= 15 is 0 Å². The Morgan fingerprint density at radius 1 is 1.25 bits per heavy atom. The molecule has 0 heterocycles. The van der Waals surface area contributed by atoms with Crippen molar-refractivity contribution in [3.8, 4) is 0 Å². The van der Waals surface area contributed by atoms with Crippen molar-refractivity contribution in [1.29, 1.82) is 0 Å². The summed E-state index contributed by atoms with van der Waals surface area (Å²) in [7, 11) is 0. The van der Waals surface area contributed by atoms with E-state index in [9.17, 15) is 14.7 Å². The maximum Gasteiger partial charge on any atom is 0.228 e. The maximum atomic E-state index is 12.2. The van der Waals surface area contributed by atoms with E-state index in [2.05, 4.69) is 21.2 Å². The Morgan fingerprint density at radius 3 is 2.50 bits per heavy atom. The number of nitrogens with one attached hydrogen (secondary N) is 1. The number of carbonyl (C=O) groups excluding carboxylic acids is 2. The van der Waals surface area contributed by atoms with Crippen molar-refractivity contribution < 1.29 is 14.7 Å². The number of amides is 1. The molecule has 1 fully saturated rings.